The first-order chi connectivity index (χ1) is 8.79. The van der Waals surface area contributed by atoms with Crippen molar-refractivity contribution in [2.24, 2.45) is 5.41 Å². The molecule has 2 nitrogen and oxygen atoms in total. The van der Waals surface area contributed by atoms with Crippen molar-refractivity contribution in [3.05, 3.63) is 24.3 Å². The van der Waals surface area contributed by atoms with Gasteiger partial charge in [-0.15, -0.1) is 11.8 Å². The fourth-order valence-corrected chi connectivity index (χ4v) is 3.07. The van der Waals surface area contributed by atoms with E-state index in [1.807, 2.05) is 18.2 Å². The molecule has 2 rings (SSSR count). The molecule has 1 aliphatic rings. The van der Waals surface area contributed by atoms with E-state index in [9.17, 15) is 0 Å². The van der Waals surface area contributed by atoms with Gasteiger partial charge in [-0.3, -0.25) is 0 Å². The SMILES string of the molecule is CSc1ccccc1OCC1(CS)CCOCC1. The molecule has 0 bridgehead atoms. The highest BCUT2D eigenvalue weighted by Gasteiger charge is 2.32. The lowest BCUT2D eigenvalue weighted by Crippen LogP contribution is -2.36. The molecule has 0 saturated carbocycles. The largest absolute Gasteiger partial charge is 0.492 e. The van der Waals surface area contributed by atoms with Crippen molar-refractivity contribution in [2.45, 2.75) is 17.7 Å². The number of hydrogen-bond acceptors (Lipinski definition) is 4. The summed E-state index contributed by atoms with van der Waals surface area (Å²) in [6.45, 7) is 2.39. The van der Waals surface area contributed by atoms with E-state index in [2.05, 4.69) is 25.0 Å². The molecule has 0 aliphatic carbocycles. The Balaban J connectivity index is 2.01. The number of benzene rings is 1. The fraction of sp³-hybridized carbons (Fsp3) is 0.571. The standard InChI is InChI=1S/C14H20O2S2/c1-18-13-5-3-2-4-12(13)16-10-14(11-17)6-8-15-9-7-14/h2-5,17H,6-11H2,1H3. The third-order valence-electron chi connectivity index (χ3n) is 3.49. The molecular weight excluding hydrogens is 264 g/mol. The number of ether oxygens (including phenoxy) is 2. The van der Waals surface area contributed by atoms with Gasteiger partial charge in [-0.2, -0.15) is 12.6 Å². The predicted octanol–water partition coefficient (Wildman–Crippen LogP) is 3.51. The molecule has 0 amide bonds. The van der Waals surface area contributed by atoms with Crippen LogP contribution in [0.15, 0.2) is 29.2 Å². The highest BCUT2D eigenvalue weighted by atomic mass is 32.2. The van der Waals surface area contributed by atoms with E-state index in [4.69, 9.17) is 9.47 Å². The van der Waals surface area contributed by atoms with Crippen LogP contribution in [0, 0.1) is 5.41 Å². The summed E-state index contributed by atoms with van der Waals surface area (Å²) >= 11 is 6.22. The van der Waals surface area contributed by atoms with Crippen LogP contribution in [0.4, 0.5) is 0 Å². The van der Waals surface area contributed by atoms with Crippen molar-refractivity contribution in [1.29, 1.82) is 0 Å². The maximum Gasteiger partial charge on any atom is 0.132 e. The Bertz CT molecular complexity index is 376. The zero-order valence-electron chi connectivity index (χ0n) is 10.7. The summed E-state index contributed by atoms with van der Waals surface area (Å²) < 4.78 is 11.5. The van der Waals surface area contributed by atoms with Gasteiger partial charge < -0.3 is 9.47 Å². The van der Waals surface area contributed by atoms with Crippen LogP contribution in [-0.4, -0.2) is 31.8 Å². The molecule has 1 aromatic rings. The topological polar surface area (TPSA) is 18.5 Å². The Morgan fingerprint density at radius 2 is 2.06 bits per heavy atom. The smallest absolute Gasteiger partial charge is 0.132 e. The number of rotatable bonds is 5. The van der Waals surface area contributed by atoms with E-state index in [1.54, 1.807) is 11.8 Å². The molecule has 1 heterocycles. The summed E-state index contributed by atoms with van der Waals surface area (Å²) in [4.78, 5) is 1.19. The normalized spacial score (nSPS) is 18.6. The lowest BCUT2D eigenvalue weighted by molar-refractivity contribution is 0.00261. The molecular formula is C14H20O2S2. The second kappa shape index (κ2) is 6.73. The van der Waals surface area contributed by atoms with Crippen LogP contribution >= 0.6 is 24.4 Å². The van der Waals surface area contributed by atoms with E-state index >= 15 is 0 Å². The summed E-state index contributed by atoms with van der Waals surface area (Å²) in [6, 6.07) is 8.20. The Kier molecular flexibility index (Phi) is 5.27. The first-order valence-electron chi connectivity index (χ1n) is 6.24. The van der Waals surface area contributed by atoms with E-state index in [1.165, 1.54) is 4.90 Å². The minimum atomic E-state index is 0.173. The van der Waals surface area contributed by atoms with Crippen molar-refractivity contribution in [2.75, 3.05) is 31.8 Å². The van der Waals surface area contributed by atoms with Crippen molar-refractivity contribution in [3.8, 4) is 5.75 Å². The van der Waals surface area contributed by atoms with Crippen LogP contribution in [0.2, 0.25) is 0 Å². The molecule has 1 fully saturated rings. The van der Waals surface area contributed by atoms with Gasteiger partial charge in [0, 0.05) is 23.5 Å². The Morgan fingerprint density at radius 1 is 1.33 bits per heavy atom. The van der Waals surface area contributed by atoms with Gasteiger partial charge in [-0.1, -0.05) is 12.1 Å². The van der Waals surface area contributed by atoms with Crippen LogP contribution in [0.1, 0.15) is 12.8 Å². The Hall–Kier alpha value is -0.320. The van der Waals surface area contributed by atoms with Crippen LogP contribution in [-0.2, 0) is 4.74 Å². The quantitative estimate of drug-likeness (QED) is 0.659. The minimum absolute atomic E-state index is 0.173. The summed E-state index contributed by atoms with van der Waals surface area (Å²) in [6.07, 6.45) is 4.15. The van der Waals surface area contributed by atoms with E-state index in [0.717, 1.165) is 44.2 Å². The van der Waals surface area contributed by atoms with Crippen LogP contribution in [0.25, 0.3) is 0 Å². The average Bonchev–Trinajstić information content (AvgIpc) is 2.46. The number of thioether (sulfide) groups is 1. The molecule has 18 heavy (non-hydrogen) atoms. The summed E-state index contributed by atoms with van der Waals surface area (Å²) in [7, 11) is 0. The van der Waals surface area contributed by atoms with Crippen LogP contribution in [0.3, 0.4) is 0 Å². The van der Waals surface area contributed by atoms with Gasteiger partial charge in [0.2, 0.25) is 0 Å². The number of thiol groups is 1. The molecule has 0 radical (unpaired) electrons. The van der Waals surface area contributed by atoms with Gasteiger partial charge in [0.15, 0.2) is 0 Å². The molecule has 0 atom stereocenters. The lowest BCUT2D eigenvalue weighted by Gasteiger charge is -2.35. The average molecular weight is 284 g/mol. The maximum atomic E-state index is 6.04. The van der Waals surface area contributed by atoms with Crippen LogP contribution < -0.4 is 4.74 Å². The number of para-hydroxylation sites is 1. The van der Waals surface area contributed by atoms with Crippen molar-refractivity contribution < 1.29 is 9.47 Å². The van der Waals surface area contributed by atoms with Gasteiger partial charge in [-0.05, 0) is 37.0 Å². The molecule has 0 N–H and O–H groups in total. The molecule has 4 heteroatoms. The monoisotopic (exact) mass is 284 g/mol. The molecule has 0 unspecified atom stereocenters. The van der Waals surface area contributed by atoms with Gasteiger partial charge in [-0.25, -0.2) is 0 Å². The van der Waals surface area contributed by atoms with E-state index < -0.39 is 0 Å². The fourth-order valence-electron chi connectivity index (χ4n) is 2.12. The molecule has 1 aromatic carbocycles. The second-order valence-electron chi connectivity index (χ2n) is 4.71. The molecule has 0 spiro atoms. The molecule has 1 aliphatic heterocycles. The zero-order valence-corrected chi connectivity index (χ0v) is 12.4. The van der Waals surface area contributed by atoms with Gasteiger partial charge in [0.05, 0.1) is 6.61 Å². The molecule has 0 aromatic heterocycles. The Labute approximate surface area is 119 Å². The van der Waals surface area contributed by atoms with Gasteiger partial charge >= 0.3 is 0 Å². The maximum absolute atomic E-state index is 6.04. The van der Waals surface area contributed by atoms with Crippen LogP contribution in [0.5, 0.6) is 5.75 Å². The minimum Gasteiger partial charge on any atom is -0.492 e. The molecule has 100 valence electrons. The van der Waals surface area contributed by atoms with Gasteiger partial charge in [0.1, 0.15) is 5.75 Å². The van der Waals surface area contributed by atoms with E-state index in [-0.39, 0.29) is 5.41 Å². The first-order valence-corrected chi connectivity index (χ1v) is 8.10. The summed E-state index contributed by atoms with van der Waals surface area (Å²) in [5.41, 5.74) is 0.173. The van der Waals surface area contributed by atoms with Crippen molar-refractivity contribution in [3.63, 3.8) is 0 Å². The second-order valence-corrected chi connectivity index (χ2v) is 5.87. The third kappa shape index (κ3) is 3.37. The number of hydrogen-bond donors (Lipinski definition) is 1. The summed E-state index contributed by atoms with van der Waals surface area (Å²) in [5, 5.41) is 0. The first kappa shape index (κ1) is 14.1. The predicted molar refractivity (Wildman–Crippen MR) is 80.1 cm³/mol. The van der Waals surface area contributed by atoms with Crippen molar-refractivity contribution in [1.82, 2.24) is 0 Å². The summed E-state index contributed by atoms with van der Waals surface area (Å²) in [5.74, 6) is 1.84. The lowest BCUT2D eigenvalue weighted by atomic mass is 9.83. The van der Waals surface area contributed by atoms with Gasteiger partial charge in [0.25, 0.3) is 0 Å². The zero-order chi connectivity index (χ0) is 12.8. The molecule has 1 saturated heterocycles. The van der Waals surface area contributed by atoms with E-state index in [0.29, 0.717) is 0 Å². The Morgan fingerprint density at radius 3 is 2.72 bits per heavy atom. The third-order valence-corrected chi connectivity index (χ3v) is 4.94. The highest BCUT2D eigenvalue weighted by molar-refractivity contribution is 7.98. The van der Waals surface area contributed by atoms with Crippen molar-refractivity contribution >= 4 is 24.4 Å². The highest BCUT2D eigenvalue weighted by Crippen LogP contribution is 2.34.